The summed E-state index contributed by atoms with van der Waals surface area (Å²) in [7, 11) is 0. The van der Waals surface area contributed by atoms with Gasteiger partial charge in [-0.05, 0) is 25.7 Å². The normalized spacial score (nSPS) is 18.3. The van der Waals surface area contributed by atoms with Gasteiger partial charge in [0.15, 0.2) is 0 Å². The fourth-order valence-electron chi connectivity index (χ4n) is 2.92. The number of aromatic nitrogens is 2. The molecule has 2 rings (SSSR count). The molecule has 0 amide bonds. The maximum Gasteiger partial charge on any atom is 0.145 e. The molecule has 1 fully saturated rings. The van der Waals surface area contributed by atoms with Crippen molar-refractivity contribution < 1.29 is 0 Å². The largest absolute Gasteiger partial charge is 0.367 e. The summed E-state index contributed by atoms with van der Waals surface area (Å²) in [6.07, 6.45) is 6.71. The maximum absolute atomic E-state index is 5.54. The first-order chi connectivity index (χ1) is 9.90. The topological polar surface area (TPSA) is 75.9 Å². The van der Waals surface area contributed by atoms with E-state index in [4.69, 9.17) is 5.84 Å². The SMILES string of the molecule is CC(Nc1cc(NN)nc(C(C)(C)C)n1)C1CCCCC1. The van der Waals surface area contributed by atoms with Gasteiger partial charge in [0.25, 0.3) is 0 Å². The van der Waals surface area contributed by atoms with Crippen LogP contribution >= 0.6 is 0 Å². The van der Waals surface area contributed by atoms with E-state index in [1.807, 2.05) is 6.07 Å². The Morgan fingerprint density at radius 3 is 2.33 bits per heavy atom. The third-order valence-corrected chi connectivity index (χ3v) is 4.28. The predicted octanol–water partition coefficient (Wildman–Crippen LogP) is 3.44. The van der Waals surface area contributed by atoms with Gasteiger partial charge in [-0.25, -0.2) is 15.8 Å². The highest BCUT2D eigenvalue weighted by Gasteiger charge is 2.22. The van der Waals surface area contributed by atoms with E-state index < -0.39 is 0 Å². The molecule has 0 spiro atoms. The highest BCUT2D eigenvalue weighted by atomic mass is 15.3. The molecule has 0 radical (unpaired) electrons. The monoisotopic (exact) mass is 291 g/mol. The van der Waals surface area contributed by atoms with E-state index in [1.165, 1.54) is 32.1 Å². The summed E-state index contributed by atoms with van der Waals surface area (Å²) < 4.78 is 0. The van der Waals surface area contributed by atoms with Gasteiger partial charge in [0.2, 0.25) is 0 Å². The smallest absolute Gasteiger partial charge is 0.145 e. The first-order valence-corrected chi connectivity index (χ1v) is 8.03. The van der Waals surface area contributed by atoms with Crippen molar-refractivity contribution in [3.63, 3.8) is 0 Å². The molecule has 5 heteroatoms. The maximum atomic E-state index is 5.54. The van der Waals surface area contributed by atoms with Crippen molar-refractivity contribution in [2.75, 3.05) is 10.7 Å². The molecule has 0 saturated heterocycles. The molecule has 4 N–H and O–H groups in total. The van der Waals surface area contributed by atoms with Crippen molar-refractivity contribution in [3.05, 3.63) is 11.9 Å². The Morgan fingerprint density at radius 1 is 1.14 bits per heavy atom. The van der Waals surface area contributed by atoms with Gasteiger partial charge >= 0.3 is 0 Å². The van der Waals surface area contributed by atoms with E-state index in [0.29, 0.717) is 11.9 Å². The Morgan fingerprint density at radius 2 is 1.76 bits per heavy atom. The van der Waals surface area contributed by atoms with Crippen LogP contribution in [0.4, 0.5) is 11.6 Å². The lowest BCUT2D eigenvalue weighted by Gasteiger charge is -2.29. The van der Waals surface area contributed by atoms with Crippen LogP contribution in [-0.4, -0.2) is 16.0 Å². The van der Waals surface area contributed by atoms with Crippen molar-refractivity contribution >= 4 is 11.6 Å². The van der Waals surface area contributed by atoms with Gasteiger partial charge in [0, 0.05) is 17.5 Å². The molecule has 21 heavy (non-hydrogen) atoms. The summed E-state index contributed by atoms with van der Waals surface area (Å²) in [5.74, 6) is 8.60. The summed E-state index contributed by atoms with van der Waals surface area (Å²) in [5, 5.41) is 3.55. The van der Waals surface area contributed by atoms with Crippen LogP contribution in [0.1, 0.15) is 65.6 Å². The lowest BCUT2D eigenvalue weighted by atomic mass is 9.84. The van der Waals surface area contributed by atoms with Gasteiger partial charge in [-0.3, -0.25) is 0 Å². The molecule has 5 nitrogen and oxygen atoms in total. The highest BCUT2D eigenvalue weighted by molar-refractivity contribution is 5.48. The van der Waals surface area contributed by atoms with Crippen molar-refractivity contribution in [2.45, 2.75) is 71.3 Å². The Kier molecular flexibility index (Phi) is 5.04. The van der Waals surface area contributed by atoms with E-state index in [2.05, 4.69) is 48.4 Å². The number of rotatable bonds is 4. The van der Waals surface area contributed by atoms with Crippen LogP contribution in [0.15, 0.2) is 6.07 Å². The first-order valence-electron chi connectivity index (χ1n) is 8.03. The zero-order valence-electron chi connectivity index (χ0n) is 13.7. The van der Waals surface area contributed by atoms with E-state index >= 15 is 0 Å². The number of nitrogen functional groups attached to an aromatic ring is 1. The second kappa shape index (κ2) is 6.60. The average Bonchev–Trinajstić information content (AvgIpc) is 2.46. The van der Waals surface area contributed by atoms with E-state index in [0.717, 1.165) is 17.6 Å². The Balaban J connectivity index is 2.14. The molecule has 1 aromatic rings. The molecule has 1 unspecified atom stereocenters. The highest BCUT2D eigenvalue weighted by Crippen LogP contribution is 2.28. The van der Waals surface area contributed by atoms with E-state index in [1.54, 1.807) is 0 Å². The summed E-state index contributed by atoms with van der Waals surface area (Å²) >= 11 is 0. The number of nitrogens with zero attached hydrogens (tertiary/aromatic N) is 2. The predicted molar refractivity (Wildman–Crippen MR) is 88.2 cm³/mol. The third kappa shape index (κ3) is 4.30. The van der Waals surface area contributed by atoms with E-state index in [9.17, 15) is 0 Å². The van der Waals surface area contributed by atoms with Crippen molar-refractivity contribution in [2.24, 2.45) is 11.8 Å². The fourth-order valence-corrected chi connectivity index (χ4v) is 2.92. The number of hydrogen-bond acceptors (Lipinski definition) is 5. The fraction of sp³-hybridized carbons (Fsp3) is 0.750. The van der Waals surface area contributed by atoms with Crippen LogP contribution in [0.5, 0.6) is 0 Å². The minimum absolute atomic E-state index is 0.0998. The molecule has 1 atom stereocenters. The molecule has 118 valence electrons. The molecule has 1 aromatic heterocycles. The number of hydrazine groups is 1. The molecule has 0 bridgehead atoms. The van der Waals surface area contributed by atoms with Crippen LogP contribution in [0, 0.1) is 5.92 Å². The zero-order valence-corrected chi connectivity index (χ0v) is 13.7. The lowest BCUT2D eigenvalue weighted by Crippen LogP contribution is -2.29. The second-order valence-electron chi connectivity index (χ2n) is 7.19. The average molecular weight is 291 g/mol. The minimum Gasteiger partial charge on any atom is -0.367 e. The van der Waals surface area contributed by atoms with Gasteiger partial charge in [-0.15, -0.1) is 0 Å². The Bertz CT molecular complexity index is 460. The van der Waals surface area contributed by atoms with Gasteiger partial charge in [-0.1, -0.05) is 40.0 Å². The van der Waals surface area contributed by atoms with E-state index in [-0.39, 0.29) is 5.41 Å². The molecule has 1 saturated carbocycles. The van der Waals surface area contributed by atoms with Crippen LogP contribution in [0.25, 0.3) is 0 Å². The number of hydrogen-bond donors (Lipinski definition) is 3. The molecule has 1 aliphatic rings. The van der Waals surface area contributed by atoms with Crippen LogP contribution < -0.4 is 16.6 Å². The van der Waals surface area contributed by atoms with Crippen molar-refractivity contribution in [1.82, 2.24) is 9.97 Å². The molecular weight excluding hydrogens is 262 g/mol. The van der Waals surface area contributed by atoms with Crippen LogP contribution in [0.2, 0.25) is 0 Å². The number of nitrogens with one attached hydrogen (secondary N) is 2. The molecule has 0 aliphatic heterocycles. The summed E-state index contributed by atoms with van der Waals surface area (Å²) in [6.45, 7) is 8.58. The zero-order chi connectivity index (χ0) is 15.5. The Hall–Kier alpha value is -1.36. The van der Waals surface area contributed by atoms with Crippen molar-refractivity contribution in [1.29, 1.82) is 0 Å². The quantitative estimate of drug-likeness (QED) is 0.585. The minimum atomic E-state index is -0.0998. The van der Waals surface area contributed by atoms with Crippen molar-refractivity contribution in [3.8, 4) is 0 Å². The number of anilines is 2. The molecule has 1 aliphatic carbocycles. The van der Waals surface area contributed by atoms with Crippen LogP contribution in [0.3, 0.4) is 0 Å². The lowest BCUT2D eigenvalue weighted by molar-refractivity contribution is 0.328. The second-order valence-corrected chi connectivity index (χ2v) is 7.19. The van der Waals surface area contributed by atoms with Gasteiger partial charge < -0.3 is 10.7 Å². The number of nitrogens with two attached hydrogens (primary N) is 1. The first kappa shape index (κ1) is 16.0. The summed E-state index contributed by atoms with van der Waals surface area (Å²) in [4.78, 5) is 9.13. The molecular formula is C16H29N5. The third-order valence-electron chi connectivity index (χ3n) is 4.28. The molecule has 0 aromatic carbocycles. The Labute approximate surface area is 128 Å². The van der Waals surface area contributed by atoms with Gasteiger partial charge in [0.1, 0.15) is 17.5 Å². The molecule has 1 heterocycles. The summed E-state index contributed by atoms with van der Waals surface area (Å²) in [6, 6.07) is 2.31. The van der Waals surface area contributed by atoms with Gasteiger partial charge in [0.05, 0.1) is 0 Å². The summed E-state index contributed by atoms with van der Waals surface area (Å²) in [5.41, 5.74) is 2.54. The van der Waals surface area contributed by atoms with Crippen LogP contribution in [-0.2, 0) is 5.41 Å². The van der Waals surface area contributed by atoms with Gasteiger partial charge in [-0.2, -0.15) is 0 Å². The standard InChI is InChI=1S/C16H29N5/c1-11(12-8-6-5-7-9-12)18-13-10-14(21-17)20-15(19-13)16(2,3)4/h10-12H,5-9,17H2,1-4H3,(H2,18,19,20,21).